The van der Waals surface area contributed by atoms with Gasteiger partial charge in [-0.25, -0.2) is 4.98 Å². The van der Waals surface area contributed by atoms with E-state index in [9.17, 15) is 9.90 Å². The van der Waals surface area contributed by atoms with Gasteiger partial charge in [0.1, 0.15) is 0 Å². The number of nitrogens with two attached hydrogens (primary N) is 1. The van der Waals surface area contributed by atoms with E-state index in [1.165, 1.54) is 0 Å². The average molecular weight is 275 g/mol. The van der Waals surface area contributed by atoms with Crippen LogP contribution in [0.1, 0.15) is 19.4 Å². The van der Waals surface area contributed by atoms with E-state index in [2.05, 4.69) is 28.5 Å². The number of H-pyrrole nitrogens is 1. The van der Waals surface area contributed by atoms with Crippen molar-refractivity contribution in [3.05, 3.63) is 28.8 Å². The summed E-state index contributed by atoms with van der Waals surface area (Å²) in [5, 5.41) is 9.45. The number of nitrogens with zero attached hydrogens (tertiary/aromatic N) is 3. The number of aliphatic hydroxyl groups excluding tert-OH is 1. The highest BCUT2D eigenvalue weighted by atomic mass is 16.3. The predicted molar refractivity (Wildman–Crippen MR) is 75.1 cm³/mol. The normalized spacial score (nSPS) is 26.5. The lowest BCUT2D eigenvalue weighted by molar-refractivity contribution is 0.222. The zero-order chi connectivity index (χ0) is 14.4. The molecule has 2 heterocycles. The Labute approximate surface area is 115 Å². The molecule has 2 aromatic rings. The predicted octanol–water partition coefficient (Wildman–Crippen LogP) is 0.447. The second-order valence-corrected chi connectivity index (χ2v) is 5.37. The van der Waals surface area contributed by atoms with Gasteiger partial charge in [0, 0.05) is 12.5 Å². The van der Waals surface area contributed by atoms with Crippen LogP contribution in [0.4, 0.5) is 5.95 Å². The molecule has 0 amide bonds. The number of rotatable bonds is 2. The lowest BCUT2D eigenvalue weighted by Crippen LogP contribution is -2.14. The van der Waals surface area contributed by atoms with Crippen LogP contribution in [0.5, 0.6) is 0 Å². The molecule has 4 N–H and O–H groups in total. The second kappa shape index (κ2) is 4.45. The zero-order valence-electron chi connectivity index (χ0n) is 11.2. The summed E-state index contributed by atoms with van der Waals surface area (Å²) in [4.78, 5) is 22.5. The molecule has 0 aromatic carbocycles. The van der Waals surface area contributed by atoms with Crippen LogP contribution in [-0.4, -0.2) is 31.2 Å². The van der Waals surface area contributed by atoms with Crippen molar-refractivity contribution in [2.75, 3.05) is 12.3 Å². The maximum atomic E-state index is 11.8. The van der Waals surface area contributed by atoms with E-state index in [4.69, 9.17) is 5.73 Å². The van der Waals surface area contributed by atoms with Gasteiger partial charge in [-0.2, -0.15) is 4.98 Å². The standard InChI is InChI=1S/C13H17N5O2/c1-6-3-9(7(2)8(6)4-19)18-5-15-10-11(18)16-13(14)17-12(10)20/h5-6,8-9,19H,2-4H2,1H3,(H3,14,16,17,20)/t6-,8+,9-/m0/s1. The van der Waals surface area contributed by atoms with E-state index in [-0.39, 0.29) is 35.6 Å². The van der Waals surface area contributed by atoms with Crippen LogP contribution in [0.25, 0.3) is 11.2 Å². The third-order valence-electron chi connectivity index (χ3n) is 4.17. The molecule has 20 heavy (non-hydrogen) atoms. The Bertz CT molecular complexity index is 732. The number of imidazole rings is 1. The summed E-state index contributed by atoms with van der Waals surface area (Å²) in [5.74, 6) is 0.464. The number of hydrogen-bond donors (Lipinski definition) is 3. The maximum absolute atomic E-state index is 11.8. The third kappa shape index (κ3) is 1.74. The molecule has 2 aromatic heterocycles. The topological polar surface area (TPSA) is 110 Å². The molecule has 1 fully saturated rings. The quantitative estimate of drug-likeness (QED) is 0.689. The van der Waals surface area contributed by atoms with Gasteiger partial charge in [-0.3, -0.25) is 9.78 Å². The van der Waals surface area contributed by atoms with Crippen molar-refractivity contribution in [1.29, 1.82) is 0 Å². The Kier molecular flexibility index (Phi) is 2.86. The minimum atomic E-state index is -0.346. The maximum Gasteiger partial charge on any atom is 0.280 e. The first-order valence-electron chi connectivity index (χ1n) is 6.54. The van der Waals surface area contributed by atoms with Gasteiger partial charge >= 0.3 is 0 Å². The van der Waals surface area contributed by atoms with Crippen LogP contribution in [0.2, 0.25) is 0 Å². The number of anilines is 1. The lowest BCUT2D eigenvalue weighted by Gasteiger charge is -2.16. The molecule has 1 aliphatic rings. The summed E-state index contributed by atoms with van der Waals surface area (Å²) >= 11 is 0. The van der Waals surface area contributed by atoms with Gasteiger partial charge in [-0.15, -0.1) is 0 Å². The summed E-state index contributed by atoms with van der Waals surface area (Å²) in [6.45, 7) is 6.26. The Balaban J connectivity index is 2.12. The first-order chi connectivity index (χ1) is 9.52. The SMILES string of the molecule is C=C1[C@H](CO)[C@@H](C)C[C@@H]1n1cnc2c(=O)[nH]c(N)nc21. The molecule has 0 spiro atoms. The van der Waals surface area contributed by atoms with E-state index in [0.717, 1.165) is 12.0 Å². The van der Waals surface area contributed by atoms with Gasteiger partial charge in [-0.1, -0.05) is 13.5 Å². The molecule has 7 heteroatoms. The van der Waals surface area contributed by atoms with Crippen molar-refractivity contribution < 1.29 is 5.11 Å². The Hall–Kier alpha value is -2.15. The van der Waals surface area contributed by atoms with Gasteiger partial charge in [0.05, 0.1) is 12.4 Å². The van der Waals surface area contributed by atoms with Gasteiger partial charge in [-0.05, 0) is 17.9 Å². The highest BCUT2D eigenvalue weighted by molar-refractivity contribution is 5.70. The Morgan fingerprint density at radius 3 is 3.05 bits per heavy atom. The number of hydrogen-bond acceptors (Lipinski definition) is 5. The highest BCUT2D eigenvalue weighted by Crippen LogP contribution is 2.43. The number of aromatic amines is 1. The van der Waals surface area contributed by atoms with Crippen molar-refractivity contribution in [3.8, 4) is 0 Å². The van der Waals surface area contributed by atoms with Crippen molar-refractivity contribution in [2.24, 2.45) is 11.8 Å². The van der Waals surface area contributed by atoms with Gasteiger partial charge in [0.2, 0.25) is 5.95 Å². The molecule has 0 aliphatic heterocycles. The average Bonchev–Trinajstić information content (AvgIpc) is 2.91. The van der Waals surface area contributed by atoms with Crippen molar-refractivity contribution >= 4 is 17.1 Å². The van der Waals surface area contributed by atoms with Crippen LogP contribution in [0.3, 0.4) is 0 Å². The summed E-state index contributed by atoms with van der Waals surface area (Å²) in [6, 6.07) is -0.0131. The molecule has 0 radical (unpaired) electrons. The van der Waals surface area contributed by atoms with Crippen LogP contribution in [0, 0.1) is 11.8 Å². The van der Waals surface area contributed by atoms with Gasteiger partial charge < -0.3 is 15.4 Å². The van der Waals surface area contributed by atoms with E-state index >= 15 is 0 Å². The molecular formula is C13H17N5O2. The van der Waals surface area contributed by atoms with Crippen molar-refractivity contribution in [3.63, 3.8) is 0 Å². The van der Waals surface area contributed by atoms with Crippen LogP contribution >= 0.6 is 0 Å². The number of aliphatic hydroxyl groups is 1. The summed E-state index contributed by atoms with van der Waals surface area (Å²) in [5.41, 5.74) is 6.93. The summed E-state index contributed by atoms with van der Waals surface area (Å²) in [7, 11) is 0. The van der Waals surface area contributed by atoms with E-state index in [1.54, 1.807) is 6.33 Å². The number of nitrogens with one attached hydrogen (secondary N) is 1. The minimum Gasteiger partial charge on any atom is -0.396 e. The molecule has 7 nitrogen and oxygen atoms in total. The molecule has 3 atom stereocenters. The molecule has 0 bridgehead atoms. The van der Waals surface area contributed by atoms with Crippen molar-refractivity contribution in [1.82, 2.24) is 19.5 Å². The smallest absolute Gasteiger partial charge is 0.280 e. The Morgan fingerprint density at radius 2 is 2.40 bits per heavy atom. The fourth-order valence-electron chi connectivity index (χ4n) is 3.04. The molecule has 1 aliphatic carbocycles. The van der Waals surface area contributed by atoms with E-state index in [1.807, 2.05) is 4.57 Å². The number of fused-ring (bicyclic) bond motifs is 1. The molecule has 3 rings (SSSR count). The molecular weight excluding hydrogens is 258 g/mol. The minimum absolute atomic E-state index is 0.0131. The molecule has 0 saturated heterocycles. The highest BCUT2D eigenvalue weighted by Gasteiger charge is 2.36. The van der Waals surface area contributed by atoms with E-state index in [0.29, 0.717) is 11.6 Å². The fourth-order valence-corrected chi connectivity index (χ4v) is 3.04. The summed E-state index contributed by atoms with van der Waals surface area (Å²) < 4.78 is 1.83. The molecule has 106 valence electrons. The van der Waals surface area contributed by atoms with Crippen LogP contribution < -0.4 is 11.3 Å². The van der Waals surface area contributed by atoms with Crippen LogP contribution in [0.15, 0.2) is 23.3 Å². The molecule has 1 saturated carbocycles. The van der Waals surface area contributed by atoms with Crippen LogP contribution in [-0.2, 0) is 0 Å². The summed E-state index contributed by atoms with van der Waals surface area (Å²) in [6.07, 6.45) is 2.43. The third-order valence-corrected chi connectivity index (χ3v) is 4.17. The van der Waals surface area contributed by atoms with E-state index < -0.39 is 0 Å². The lowest BCUT2D eigenvalue weighted by atomic mass is 9.97. The van der Waals surface area contributed by atoms with Gasteiger partial charge in [0.15, 0.2) is 11.2 Å². The zero-order valence-corrected chi connectivity index (χ0v) is 11.2. The number of nitrogen functional groups attached to an aromatic ring is 1. The second-order valence-electron chi connectivity index (χ2n) is 5.37. The molecule has 0 unspecified atom stereocenters. The first-order valence-corrected chi connectivity index (χ1v) is 6.54. The fraction of sp³-hybridized carbons (Fsp3) is 0.462. The largest absolute Gasteiger partial charge is 0.396 e. The first kappa shape index (κ1) is 12.9. The monoisotopic (exact) mass is 275 g/mol. The van der Waals surface area contributed by atoms with Crippen molar-refractivity contribution in [2.45, 2.75) is 19.4 Å². The number of aromatic nitrogens is 4. The Morgan fingerprint density at radius 1 is 1.65 bits per heavy atom. The van der Waals surface area contributed by atoms with Gasteiger partial charge in [0.25, 0.3) is 5.56 Å².